The van der Waals surface area contributed by atoms with Crippen molar-refractivity contribution in [1.29, 1.82) is 0 Å². The van der Waals surface area contributed by atoms with Crippen LogP contribution < -0.4 is 5.32 Å². The van der Waals surface area contributed by atoms with Crippen molar-refractivity contribution in [2.45, 2.75) is 19.9 Å². The molecule has 0 aliphatic rings. The van der Waals surface area contributed by atoms with E-state index >= 15 is 0 Å². The van der Waals surface area contributed by atoms with Gasteiger partial charge >= 0.3 is 0 Å². The Morgan fingerprint density at radius 3 is 2.90 bits per heavy atom. The Labute approximate surface area is 132 Å². The number of anilines is 1. The average Bonchev–Trinajstić information content (AvgIpc) is 2.86. The Hall–Kier alpha value is -1.88. The number of nitrogens with one attached hydrogen (secondary N) is 1. The van der Waals surface area contributed by atoms with Gasteiger partial charge in [-0.3, -0.25) is 4.68 Å². The van der Waals surface area contributed by atoms with Crippen molar-refractivity contribution in [1.82, 2.24) is 14.8 Å². The summed E-state index contributed by atoms with van der Waals surface area (Å²) in [4.78, 5) is 4.47. The molecule has 1 N–H and O–H groups in total. The van der Waals surface area contributed by atoms with Crippen LogP contribution in [0, 0.1) is 0 Å². The van der Waals surface area contributed by atoms with Gasteiger partial charge in [0.25, 0.3) is 0 Å². The minimum absolute atomic E-state index is 0.732. The van der Waals surface area contributed by atoms with Crippen molar-refractivity contribution in [3.63, 3.8) is 0 Å². The van der Waals surface area contributed by atoms with Crippen molar-refractivity contribution in [2.75, 3.05) is 5.32 Å². The van der Waals surface area contributed by atoms with Crippen molar-refractivity contribution < 1.29 is 0 Å². The van der Waals surface area contributed by atoms with Gasteiger partial charge in [-0.05, 0) is 18.6 Å². The second-order valence-electron chi connectivity index (χ2n) is 4.98. The van der Waals surface area contributed by atoms with Crippen LogP contribution in [0.15, 0.2) is 41.1 Å². The molecule has 0 radical (unpaired) electrons. The lowest BCUT2D eigenvalue weighted by Gasteiger charge is -2.09. The van der Waals surface area contributed by atoms with E-state index in [1.54, 1.807) is 0 Å². The Balaban J connectivity index is 1.90. The van der Waals surface area contributed by atoms with Gasteiger partial charge < -0.3 is 5.32 Å². The monoisotopic (exact) mass is 344 g/mol. The Morgan fingerprint density at radius 2 is 2.10 bits per heavy atom. The maximum absolute atomic E-state index is 4.47. The van der Waals surface area contributed by atoms with Crippen molar-refractivity contribution in [3.8, 4) is 0 Å². The first-order chi connectivity index (χ1) is 10.2. The molecule has 21 heavy (non-hydrogen) atoms. The van der Waals surface area contributed by atoms with Gasteiger partial charge in [0.05, 0.1) is 5.69 Å². The first kappa shape index (κ1) is 14.1. The molecule has 4 nitrogen and oxygen atoms in total. The van der Waals surface area contributed by atoms with E-state index in [-0.39, 0.29) is 0 Å². The fourth-order valence-corrected chi connectivity index (χ4v) is 3.02. The number of halogens is 1. The number of rotatable bonds is 4. The molecule has 0 saturated heterocycles. The predicted octanol–water partition coefficient (Wildman–Crippen LogP) is 3.91. The molecule has 5 heteroatoms. The van der Waals surface area contributed by atoms with Crippen LogP contribution in [0.5, 0.6) is 0 Å². The Kier molecular flexibility index (Phi) is 3.92. The minimum atomic E-state index is 0.732. The molecule has 108 valence electrons. The molecule has 0 aliphatic heterocycles. The van der Waals surface area contributed by atoms with Crippen molar-refractivity contribution >= 4 is 32.5 Å². The lowest BCUT2D eigenvalue weighted by Crippen LogP contribution is -2.03. The summed E-state index contributed by atoms with van der Waals surface area (Å²) >= 11 is 3.58. The van der Waals surface area contributed by atoms with Gasteiger partial charge in [0.1, 0.15) is 5.82 Å². The fraction of sp³-hybridized carbons (Fsp3) is 0.250. The van der Waals surface area contributed by atoms with Crippen LogP contribution in [0.25, 0.3) is 10.8 Å². The highest BCUT2D eigenvalue weighted by molar-refractivity contribution is 9.10. The van der Waals surface area contributed by atoms with Gasteiger partial charge in [-0.15, -0.1) is 0 Å². The van der Waals surface area contributed by atoms with Crippen LogP contribution in [-0.4, -0.2) is 14.8 Å². The van der Waals surface area contributed by atoms with E-state index < -0.39 is 0 Å². The number of benzene rings is 1. The molecular formula is C16H17BrN4. The summed E-state index contributed by atoms with van der Waals surface area (Å²) in [5.41, 5.74) is 2.35. The van der Waals surface area contributed by atoms with Gasteiger partial charge in [-0.1, -0.05) is 35.0 Å². The van der Waals surface area contributed by atoms with Crippen LogP contribution in [0.1, 0.15) is 18.2 Å². The summed E-state index contributed by atoms with van der Waals surface area (Å²) in [5, 5.41) is 10.2. The molecule has 0 unspecified atom stereocenters. The highest BCUT2D eigenvalue weighted by Crippen LogP contribution is 2.27. The summed E-state index contributed by atoms with van der Waals surface area (Å²) in [7, 11) is 1.95. The fourth-order valence-electron chi connectivity index (χ4n) is 2.52. The van der Waals surface area contributed by atoms with Gasteiger partial charge in [0.2, 0.25) is 0 Å². The quantitative estimate of drug-likeness (QED) is 0.780. The number of pyridine rings is 1. The van der Waals surface area contributed by atoms with E-state index in [1.807, 2.05) is 36.1 Å². The first-order valence-corrected chi connectivity index (χ1v) is 7.77. The lowest BCUT2D eigenvalue weighted by atomic mass is 10.1. The second-order valence-corrected chi connectivity index (χ2v) is 5.83. The van der Waals surface area contributed by atoms with Crippen LogP contribution in [-0.2, 0) is 20.0 Å². The van der Waals surface area contributed by atoms with Crippen LogP contribution >= 0.6 is 15.9 Å². The van der Waals surface area contributed by atoms with Crippen molar-refractivity contribution in [2.24, 2.45) is 7.05 Å². The maximum atomic E-state index is 4.47. The molecule has 3 rings (SSSR count). The molecular weight excluding hydrogens is 328 g/mol. The zero-order chi connectivity index (χ0) is 14.8. The van der Waals surface area contributed by atoms with E-state index in [0.29, 0.717) is 0 Å². The Bertz CT molecular complexity index is 779. The normalized spacial score (nSPS) is 11.0. The standard InChI is InChI=1S/C16H17BrN4/c1-3-15-11(10-21(2)20-15)9-19-16-13-5-4-6-14(17)12(13)7-8-18-16/h4-8,10H,3,9H2,1-2H3,(H,18,19). The van der Waals surface area contributed by atoms with Gasteiger partial charge in [0.15, 0.2) is 0 Å². The summed E-state index contributed by atoms with van der Waals surface area (Å²) in [6.07, 6.45) is 4.83. The number of aromatic nitrogens is 3. The molecule has 2 heterocycles. The molecule has 0 aliphatic carbocycles. The SMILES string of the molecule is CCc1nn(C)cc1CNc1nccc2c(Br)cccc12. The third-order valence-corrected chi connectivity index (χ3v) is 4.22. The smallest absolute Gasteiger partial charge is 0.134 e. The van der Waals surface area contributed by atoms with Gasteiger partial charge in [0, 0.05) is 46.8 Å². The summed E-state index contributed by atoms with van der Waals surface area (Å²) in [6.45, 7) is 2.86. The van der Waals surface area contributed by atoms with E-state index in [9.17, 15) is 0 Å². The zero-order valence-corrected chi connectivity index (χ0v) is 13.7. The number of aryl methyl sites for hydroxylation is 2. The molecule has 2 aromatic heterocycles. The topological polar surface area (TPSA) is 42.7 Å². The molecule has 0 saturated carbocycles. The maximum Gasteiger partial charge on any atom is 0.134 e. The lowest BCUT2D eigenvalue weighted by molar-refractivity contribution is 0.746. The minimum Gasteiger partial charge on any atom is -0.365 e. The first-order valence-electron chi connectivity index (χ1n) is 6.97. The molecule has 0 amide bonds. The number of hydrogen-bond donors (Lipinski definition) is 1. The van der Waals surface area contributed by atoms with Crippen molar-refractivity contribution in [3.05, 3.63) is 52.4 Å². The van der Waals surface area contributed by atoms with E-state index in [2.05, 4.69) is 50.5 Å². The molecule has 1 aromatic carbocycles. The molecule has 0 fully saturated rings. The summed E-state index contributed by atoms with van der Waals surface area (Å²) in [5.74, 6) is 0.903. The van der Waals surface area contributed by atoms with Crippen LogP contribution in [0.3, 0.4) is 0 Å². The summed E-state index contributed by atoms with van der Waals surface area (Å²) in [6, 6.07) is 8.18. The molecule has 0 spiro atoms. The predicted molar refractivity (Wildman–Crippen MR) is 89.4 cm³/mol. The Morgan fingerprint density at radius 1 is 1.24 bits per heavy atom. The number of nitrogens with zero attached hydrogens (tertiary/aromatic N) is 3. The third kappa shape index (κ3) is 2.78. The molecule has 3 aromatic rings. The molecule has 0 bridgehead atoms. The van der Waals surface area contributed by atoms with Crippen LogP contribution in [0.2, 0.25) is 0 Å². The largest absolute Gasteiger partial charge is 0.365 e. The number of fused-ring (bicyclic) bond motifs is 1. The highest BCUT2D eigenvalue weighted by atomic mass is 79.9. The van der Waals surface area contributed by atoms with E-state index in [0.717, 1.165) is 39.7 Å². The van der Waals surface area contributed by atoms with E-state index in [4.69, 9.17) is 0 Å². The number of hydrogen-bond acceptors (Lipinski definition) is 3. The van der Waals surface area contributed by atoms with Crippen LogP contribution in [0.4, 0.5) is 5.82 Å². The zero-order valence-electron chi connectivity index (χ0n) is 12.1. The highest BCUT2D eigenvalue weighted by Gasteiger charge is 2.08. The third-order valence-electron chi connectivity index (χ3n) is 3.53. The van der Waals surface area contributed by atoms with Gasteiger partial charge in [-0.25, -0.2) is 4.98 Å². The van der Waals surface area contributed by atoms with Gasteiger partial charge in [-0.2, -0.15) is 5.10 Å². The summed E-state index contributed by atoms with van der Waals surface area (Å²) < 4.78 is 2.95. The average molecular weight is 345 g/mol. The van der Waals surface area contributed by atoms with E-state index in [1.165, 1.54) is 5.56 Å². The molecule has 0 atom stereocenters. The second kappa shape index (κ2) is 5.85.